The Morgan fingerprint density at radius 1 is 1.02 bits per heavy atom. The Labute approximate surface area is 274 Å². The van der Waals surface area contributed by atoms with Crippen LogP contribution in [-0.2, 0) is 20.4 Å². The number of nitrogens with one attached hydrogen (secondary N) is 1. The smallest absolute Gasteiger partial charge is 0.316 e. The van der Waals surface area contributed by atoms with Crippen molar-refractivity contribution in [2.45, 2.75) is 26.3 Å². The average Bonchev–Trinajstić information content (AvgIpc) is 3.01. The number of piperidine rings is 1. The Morgan fingerprint density at radius 2 is 1.76 bits per heavy atom. The quantitative estimate of drug-likeness (QED) is 0.250. The van der Waals surface area contributed by atoms with E-state index in [9.17, 15) is 9.36 Å². The van der Waals surface area contributed by atoms with Gasteiger partial charge in [-0.3, -0.25) is 19.2 Å². The number of ether oxygens (including phenoxy) is 1. The third-order valence-corrected chi connectivity index (χ3v) is 8.93. The van der Waals surface area contributed by atoms with E-state index in [1.54, 1.807) is 19.2 Å². The van der Waals surface area contributed by atoms with E-state index in [-0.39, 0.29) is 12.5 Å². The second-order valence-electron chi connectivity index (χ2n) is 11.4. The van der Waals surface area contributed by atoms with Crippen LogP contribution in [0.3, 0.4) is 0 Å². The highest BCUT2D eigenvalue weighted by Crippen LogP contribution is 2.31. The third kappa shape index (κ3) is 10.4. The number of hydrogen-bond acceptors (Lipinski definition) is 9. The number of carbonyl (C=O) groups is 1. The number of nitrogens with zero attached hydrogens (tertiary/aromatic N) is 5. The van der Waals surface area contributed by atoms with Gasteiger partial charge < -0.3 is 24.4 Å². The summed E-state index contributed by atoms with van der Waals surface area (Å²) in [5.74, 6) is 2.39. The van der Waals surface area contributed by atoms with Gasteiger partial charge in [0.25, 0.3) is 0 Å². The van der Waals surface area contributed by atoms with Gasteiger partial charge in [-0.25, -0.2) is 9.97 Å². The SMILES string of the molecule is CC(=O)NCC1CCN(Cc2cc(Oc3ccc(N4CCN(CCO[PH](=O)O)CC4)nc3)nc(-c3cc(Cl)cc(Cl)c3)c2)CC1. The number of hydrogen-bond donors (Lipinski definition) is 2. The molecule has 1 unspecified atom stereocenters. The first kappa shape index (κ1) is 33.6. The topological polar surface area (TPSA) is 120 Å². The molecule has 2 aliphatic rings. The van der Waals surface area contributed by atoms with Crippen molar-refractivity contribution in [1.29, 1.82) is 0 Å². The molecule has 1 aromatic carbocycles. The summed E-state index contributed by atoms with van der Waals surface area (Å²) in [5.41, 5.74) is 2.58. The maximum absolute atomic E-state index is 11.3. The Kier molecular flexibility index (Phi) is 12.1. The van der Waals surface area contributed by atoms with Crippen molar-refractivity contribution in [2.24, 2.45) is 5.92 Å². The molecular formula is C31H39Cl2N6O5P. The highest BCUT2D eigenvalue weighted by atomic mass is 35.5. The zero-order valence-electron chi connectivity index (χ0n) is 25.3. The molecule has 2 fully saturated rings. The summed E-state index contributed by atoms with van der Waals surface area (Å²) in [4.78, 5) is 36.4. The minimum Gasteiger partial charge on any atom is -0.437 e. The minimum atomic E-state index is -2.89. The van der Waals surface area contributed by atoms with Crippen LogP contribution in [0.1, 0.15) is 25.3 Å². The number of benzene rings is 1. The molecule has 4 heterocycles. The van der Waals surface area contributed by atoms with Gasteiger partial charge in [-0.15, -0.1) is 0 Å². The van der Waals surface area contributed by atoms with E-state index in [4.69, 9.17) is 42.3 Å². The van der Waals surface area contributed by atoms with E-state index in [2.05, 4.69) is 31.1 Å². The molecule has 2 aliphatic heterocycles. The standard InChI is InChI=1S/C31H39Cl2N6O5P/c1-22(40)34-19-23-4-6-38(7-5-23)21-24-14-29(25-16-26(32)18-27(33)17-25)36-31(15-24)44-28-2-3-30(35-20-28)39-10-8-37(9-11-39)12-13-43-45(41)42/h2-3,14-18,20,23,45H,4-13,19,21H2,1H3,(H,34,40)(H,41,42). The number of piperazine rings is 1. The highest BCUT2D eigenvalue weighted by molar-refractivity contribution is 7.32. The number of amides is 1. The van der Waals surface area contributed by atoms with Gasteiger partial charge in [0.2, 0.25) is 11.8 Å². The summed E-state index contributed by atoms with van der Waals surface area (Å²) >= 11 is 12.7. The van der Waals surface area contributed by atoms with E-state index in [0.717, 1.165) is 82.1 Å². The van der Waals surface area contributed by atoms with Gasteiger partial charge in [0.1, 0.15) is 11.6 Å². The van der Waals surface area contributed by atoms with Crippen LogP contribution >= 0.6 is 31.5 Å². The molecule has 45 heavy (non-hydrogen) atoms. The van der Waals surface area contributed by atoms with Gasteiger partial charge in [-0.2, -0.15) is 0 Å². The largest absolute Gasteiger partial charge is 0.437 e. The summed E-state index contributed by atoms with van der Waals surface area (Å²) in [5, 5.41) is 4.01. The molecule has 0 radical (unpaired) electrons. The zero-order chi connectivity index (χ0) is 31.8. The third-order valence-electron chi connectivity index (χ3n) is 8.05. The number of aromatic nitrogens is 2. The van der Waals surface area contributed by atoms with Crippen LogP contribution in [0.15, 0.2) is 48.7 Å². The molecule has 242 valence electrons. The van der Waals surface area contributed by atoms with E-state index in [1.807, 2.05) is 30.3 Å². The van der Waals surface area contributed by atoms with Crippen LogP contribution in [0.25, 0.3) is 11.3 Å². The lowest BCUT2D eigenvalue weighted by Crippen LogP contribution is -2.47. The van der Waals surface area contributed by atoms with Crippen LogP contribution in [0, 0.1) is 5.92 Å². The van der Waals surface area contributed by atoms with Crippen LogP contribution in [0.5, 0.6) is 11.6 Å². The predicted molar refractivity (Wildman–Crippen MR) is 177 cm³/mol. The van der Waals surface area contributed by atoms with Gasteiger partial charge in [0.15, 0.2) is 0 Å². The molecule has 0 saturated carbocycles. The summed E-state index contributed by atoms with van der Waals surface area (Å²) < 4.78 is 21.8. The fourth-order valence-corrected chi connectivity index (χ4v) is 6.44. The first-order valence-electron chi connectivity index (χ1n) is 15.1. The Balaban J connectivity index is 1.25. The van der Waals surface area contributed by atoms with E-state index < -0.39 is 8.25 Å². The second kappa shape index (κ2) is 16.2. The molecule has 0 bridgehead atoms. The lowest BCUT2D eigenvalue weighted by atomic mass is 9.96. The molecule has 2 N–H and O–H groups in total. The molecule has 3 aromatic rings. The monoisotopic (exact) mass is 676 g/mol. The number of halogens is 2. The summed E-state index contributed by atoms with van der Waals surface area (Å²) in [6.45, 7) is 9.00. The predicted octanol–water partition coefficient (Wildman–Crippen LogP) is 5.11. The Morgan fingerprint density at radius 3 is 2.40 bits per heavy atom. The fourth-order valence-electron chi connectivity index (χ4n) is 5.65. The summed E-state index contributed by atoms with van der Waals surface area (Å²) in [6.07, 6.45) is 3.76. The van der Waals surface area contributed by atoms with Gasteiger partial charge in [0, 0.05) is 74.4 Å². The first-order chi connectivity index (χ1) is 21.7. The van der Waals surface area contributed by atoms with E-state index in [0.29, 0.717) is 39.8 Å². The lowest BCUT2D eigenvalue weighted by Gasteiger charge is -2.35. The molecule has 1 atom stereocenters. The van der Waals surface area contributed by atoms with Gasteiger partial charge >= 0.3 is 8.25 Å². The zero-order valence-corrected chi connectivity index (χ0v) is 27.8. The lowest BCUT2D eigenvalue weighted by molar-refractivity contribution is -0.119. The molecule has 2 saturated heterocycles. The van der Waals surface area contributed by atoms with Crippen molar-refractivity contribution < 1.29 is 23.5 Å². The number of likely N-dealkylation sites (tertiary alicyclic amines) is 1. The van der Waals surface area contributed by atoms with Crippen LogP contribution in [0.4, 0.5) is 5.82 Å². The average molecular weight is 678 g/mol. The molecule has 1 amide bonds. The van der Waals surface area contributed by atoms with Crippen molar-refractivity contribution in [2.75, 3.05) is 63.9 Å². The van der Waals surface area contributed by atoms with Crippen molar-refractivity contribution in [3.63, 3.8) is 0 Å². The molecule has 11 nitrogen and oxygen atoms in total. The van der Waals surface area contributed by atoms with Crippen molar-refractivity contribution in [3.8, 4) is 22.9 Å². The molecule has 14 heteroatoms. The molecular weight excluding hydrogens is 638 g/mol. The Bertz CT molecular complexity index is 1450. The number of pyridine rings is 2. The van der Waals surface area contributed by atoms with Crippen LogP contribution in [0.2, 0.25) is 10.0 Å². The van der Waals surface area contributed by atoms with Gasteiger partial charge in [0.05, 0.1) is 18.5 Å². The van der Waals surface area contributed by atoms with Crippen molar-refractivity contribution in [1.82, 2.24) is 25.1 Å². The maximum atomic E-state index is 11.3. The normalized spacial score (nSPS) is 17.3. The van der Waals surface area contributed by atoms with Crippen molar-refractivity contribution >= 4 is 43.2 Å². The van der Waals surface area contributed by atoms with E-state index in [1.165, 1.54) is 0 Å². The minimum absolute atomic E-state index is 0.0158. The van der Waals surface area contributed by atoms with Crippen LogP contribution < -0.4 is 15.0 Å². The first-order valence-corrected chi connectivity index (χ1v) is 17.1. The molecule has 5 rings (SSSR count). The van der Waals surface area contributed by atoms with Crippen LogP contribution in [-0.4, -0.2) is 89.5 Å². The highest BCUT2D eigenvalue weighted by Gasteiger charge is 2.21. The van der Waals surface area contributed by atoms with Gasteiger partial charge in [-0.05, 0) is 73.8 Å². The fraction of sp³-hybridized carbons (Fsp3) is 0.452. The second-order valence-corrected chi connectivity index (χ2v) is 13.1. The number of anilines is 1. The Hall–Kier alpha value is -2.76. The van der Waals surface area contributed by atoms with Gasteiger partial charge in [-0.1, -0.05) is 23.2 Å². The number of carbonyl (C=O) groups excluding carboxylic acids is 1. The van der Waals surface area contributed by atoms with Crippen molar-refractivity contribution in [3.05, 3.63) is 64.3 Å². The summed E-state index contributed by atoms with van der Waals surface area (Å²) in [7, 11) is -2.89. The number of rotatable bonds is 12. The van der Waals surface area contributed by atoms with E-state index >= 15 is 0 Å². The molecule has 0 spiro atoms. The summed E-state index contributed by atoms with van der Waals surface area (Å²) in [6, 6.07) is 13.2. The maximum Gasteiger partial charge on any atom is 0.316 e. The molecule has 2 aromatic heterocycles. The molecule has 0 aliphatic carbocycles.